The summed E-state index contributed by atoms with van der Waals surface area (Å²) in [7, 11) is 0. The minimum atomic E-state index is -1.88. The van der Waals surface area contributed by atoms with Crippen LogP contribution in [-0.2, 0) is 14.4 Å². The molecule has 0 aliphatic heterocycles. The van der Waals surface area contributed by atoms with Crippen molar-refractivity contribution < 1.29 is 43.7 Å². The molecule has 2 atom stereocenters. The molecule has 0 saturated carbocycles. The first-order valence-corrected chi connectivity index (χ1v) is 11.0. The lowest BCUT2D eigenvalue weighted by Gasteiger charge is -2.23. The first-order valence-electron chi connectivity index (χ1n) is 11.0. The van der Waals surface area contributed by atoms with E-state index in [9.17, 15) is 34.2 Å². The molecular weight excluding hydrogens is 482 g/mol. The molecule has 0 saturated heterocycles. The zero-order chi connectivity index (χ0) is 27.1. The number of hydrogen-bond donors (Lipinski definition) is 3. The summed E-state index contributed by atoms with van der Waals surface area (Å²) >= 11 is 0. The van der Waals surface area contributed by atoms with Crippen molar-refractivity contribution in [1.82, 2.24) is 5.32 Å². The lowest BCUT2D eigenvalue weighted by Crippen LogP contribution is -2.45. The lowest BCUT2D eigenvalue weighted by atomic mass is 9.92. The molecule has 0 spiro atoms. The van der Waals surface area contributed by atoms with Gasteiger partial charge in [0, 0.05) is 19.4 Å². The van der Waals surface area contributed by atoms with Crippen molar-refractivity contribution in [3.05, 3.63) is 95.1 Å². The van der Waals surface area contributed by atoms with Crippen LogP contribution in [0.25, 0.3) is 0 Å². The van der Waals surface area contributed by atoms with E-state index in [1.165, 1.54) is 67.6 Å². The largest absolute Gasteiger partial charge is 0.480 e. The van der Waals surface area contributed by atoms with Gasteiger partial charge in [-0.05, 0) is 29.8 Å². The second kappa shape index (κ2) is 11.7. The number of aliphatic hydroxyl groups is 1. The quantitative estimate of drug-likeness (QED) is 0.226. The van der Waals surface area contributed by atoms with E-state index in [-0.39, 0.29) is 33.8 Å². The molecule has 2 unspecified atom stereocenters. The number of benzene rings is 3. The van der Waals surface area contributed by atoms with Gasteiger partial charge < -0.3 is 25.0 Å². The highest BCUT2D eigenvalue weighted by molar-refractivity contribution is 6.12. The number of amides is 1. The first kappa shape index (κ1) is 26.8. The molecule has 0 heterocycles. The molecule has 0 aromatic heterocycles. The van der Waals surface area contributed by atoms with Crippen LogP contribution in [-0.4, -0.2) is 45.9 Å². The topological polar surface area (TPSA) is 156 Å². The highest BCUT2D eigenvalue weighted by Crippen LogP contribution is 2.28. The van der Waals surface area contributed by atoms with Gasteiger partial charge >= 0.3 is 17.9 Å². The Morgan fingerprint density at radius 3 is 1.70 bits per heavy atom. The van der Waals surface area contributed by atoms with Gasteiger partial charge in [0.25, 0.3) is 5.91 Å². The summed E-state index contributed by atoms with van der Waals surface area (Å²) in [5.74, 6) is -4.56. The van der Waals surface area contributed by atoms with E-state index in [1.54, 1.807) is 12.1 Å². The molecule has 3 N–H and O–H groups in total. The summed E-state index contributed by atoms with van der Waals surface area (Å²) in [6, 6.07) is 15.5. The summed E-state index contributed by atoms with van der Waals surface area (Å²) in [6.07, 6.45) is -1.86. The molecule has 37 heavy (non-hydrogen) atoms. The predicted molar refractivity (Wildman–Crippen MR) is 129 cm³/mol. The molecule has 0 radical (unpaired) electrons. The Balaban J connectivity index is 1.96. The van der Waals surface area contributed by atoms with Gasteiger partial charge in [0.1, 0.15) is 17.6 Å². The van der Waals surface area contributed by atoms with Gasteiger partial charge in [-0.3, -0.25) is 19.2 Å². The number of ketones is 1. The first-order chi connectivity index (χ1) is 17.6. The third-order valence-corrected chi connectivity index (χ3v) is 5.16. The van der Waals surface area contributed by atoms with Crippen molar-refractivity contribution in [3.63, 3.8) is 0 Å². The van der Waals surface area contributed by atoms with E-state index in [4.69, 9.17) is 9.47 Å². The fourth-order valence-corrected chi connectivity index (χ4v) is 3.58. The number of ether oxygens (including phenoxy) is 2. The number of rotatable bonds is 9. The summed E-state index contributed by atoms with van der Waals surface area (Å²) in [4.78, 5) is 61.2. The van der Waals surface area contributed by atoms with Crippen molar-refractivity contribution in [1.29, 1.82) is 0 Å². The van der Waals surface area contributed by atoms with Crippen molar-refractivity contribution in [3.8, 4) is 11.5 Å². The molecule has 3 rings (SSSR count). The van der Waals surface area contributed by atoms with Crippen LogP contribution >= 0.6 is 0 Å². The Kier molecular flexibility index (Phi) is 8.49. The number of aliphatic hydroxyl groups excluding tert-OH is 1. The average Bonchev–Trinajstić information content (AvgIpc) is 2.86. The maximum atomic E-state index is 13.4. The SMILES string of the molecule is CC(=O)Oc1ccccc1C(=O)NC(C(=O)O)C(O)c1ccccc1C(=O)c1ccccc1OC(C)=O. The molecule has 10 heteroatoms. The van der Waals surface area contributed by atoms with Crippen LogP contribution in [0.3, 0.4) is 0 Å². The van der Waals surface area contributed by atoms with E-state index in [1.807, 2.05) is 0 Å². The molecule has 3 aromatic carbocycles. The van der Waals surface area contributed by atoms with Gasteiger partial charge in [0.05, 0.1) is 11.1 Å². The van der Waals surface area contributed by atoms with Crippen molar-refractivity contribution in [2.45, 2.75) is 26.0 Å². The molecule has 0 aliphatic rings. The third kappa shape index (κ3) is 6.44. The summed E-state index contributed by atoms with van der Waals surface area (Å²) in [5.41, 5.74) is -0.249. The van der Waals surface area contributed by atoms with Crippen LogP contribution in [0.4, 0.5) is 0 Å². The third-order valence-electron chi connectivity index (χ3n) is 5.16. The summed E-state index contributed by atoms with van der Waals surface area (Å²) < 4.78 is 10.1. The van der Waals surface area contributed by atoms with Crippen LogP contribution < -0.4 is 14.8 Å². The number of hydrogen-bond acceptors (Lipinski definition) is 8. The molecule has 3 aromatic rings. The fraction of sp³-hybridized carbons (Fsp3) is 0.148. The van der Waals surface area contributed by atoms with Crippen LogP contribution in [0.5, 0.6) is 11.5 Å². The number of para-hydroxylation sites is 2. The van der Waals surface area contributed by atoms with Gasteiger partial charge in [-0.1, -0.05) is 48.5 Å². The number of carbonyl (C=O) groups is 5. The highest BCUT2D eigenvalue weighted by atomic mass is 16.5. The molecule has 0 fully saturated rings. The number of esters is 2. The van der Waals surface area contributed by atoms with E-state index in [0.29, 0.717) is 0 Å². The van der Waals surface area contributed by atoms with Gasteiger partial charge in [0.15, 0.2) is 11.8 Å². The number of carboxylic acid groups (broad SMARTS) is 1. The molecular formula is C27H23NO9. The Morgan fingerprint density at radius 1 is 0.703 bits per heavy atom. The van der Waals surface area contributed by atoms with Crippen LogP contribution in [0.15, 0.2) is 72.8 Å². The van der Waals surface area contributed by atoms with Crippen LogP contribution in [0.1, 0.15) is 51.8 Å². The van der Waals surface area contributed by atoms with Crippen molar-refractivity contribution in [2.24, 2.45) is 0 Å². The lowest BCUT2D eigenvalue weighted by molar-refractivity contribution is -0.142. The van der Waals surface area contributed by atoms with E-state index in [2.05, 4.69) is 5.32 Å². The standard InChI is InChI=1S/C27H23NO9/c1-15(29)36-21-13-7-5-11-19(21)24(31)17-9-3-4-10-18(17)25(32)23(27(34)35)28-26(33)20-12-6-8-14-22(20)37-16(2)30/h3-14,23,25,32H,1-2H3,(H,28,33)(H,34,35). The van der Waals surface area contributed by atoms with E-state index < -0.39 is 41.7 Å². The number of carbonyl (C=O) groups excluding carboxylic acids is 4. The Bertz CT molecular complexity index is 1370. The summed E-state index contributed by atoms with van der Waals surface area (Å²) in [6.45, 7) is 2.32. The Hall–Kier alpha value is -4.83. The van der Waals surface area contributed by atoms with Crippen molar-refractivity contribution >= 4 is 29.6 Å². The Morgan fingerprint density at radius 2 is 1.16 bits per heavy atom. The molecule has 190 valence electrons. The van der Waals surface area contributed by atoms with Crippen LogP contribution in [0, 0.1) is 0 Å². The monoisotopic (exact) mass is 505 g/mol. The van der Waals surface area contributed by atoms with E-state index >= 15 is 0 Å². The minimum absolute atomic E-state index is 0.00513. The zero-order valence-corrected chi connectivity index (χ0v) is 19.8. The zero-order valence-electron chi connectivity index (χ0n) is 19.8. The average molecular weight is 505 g/mol. The van der Waals surface area contributed by atoms with Gasteiger partial charge in [0.2, 0.25) is 0 Å². The van der Waals surface area contributed by atoms with Gasteiger partial charge in [-0.15, -0.1) is 0 Å². The van der Waals surface area contributed by atoms with Gasteiger partial charge in [-0.2, -0.15) is 0 Å². The number of aliphatic carboxylic acids is 1. The highest BCUT2D eigenvalue weighted by Gasteiger charge is 2.33. The second-order valence-corrected chi connectivity index (χ2v) is 7.83. The molecule has 10 nitrogen and oxygen atoms in total. The minimum Gasteiger partial charge on any atom is -0.480 e. The molecule has 0 bridgehead atoms. The predicted octanol–water partition coefficient (Wildman–Crippen LogP) is 2.68. The second-order valence-electron chi connectivity index (χ2n) is 7.83. The number of carboxylic acids is 1. The van der Waals surface area contributed by atoms with Crippen molar-refractivity contribution in [2.75, 3.05) is 0 Å². The smallest absolute Gasteiger partial charge is 0.329 e. The summed E-state index contributed by atoms with van der Waals surface area (Å²) in [5, 5.41) is 23.1. The number of nitrogens with one attached hydrogen (secondary N) is 1. The van der Waals surface area contributed by atoms with Gasteiger partial charge in [-0.25, -0.2) is 4.79 Å². The molecule has 1 amide bonds. The molecule has 0 aliphatic carbocycles. The maximum Gasteiger partial charge on any atom is 0.329 e. The fourth-order valence-electron chi connectivity index (χ4n) is 3.58. The van der Waals surface area contributed by atoms with Crippen LogP contribution in [0.2, 0.25) is 0 Å². The Labute approximate surface area is 211 Å². The van der Waals surface area contributed by atoms with E-state index in [0.717, 1.165) is 6.92 Å². The normalized spacial score (nSPS) is 12.1. The maximum absolute atomic E-state index is 13.4.